The highest BCUT2D eigenvalue weighted by atomic mass is 32.2. The van der Waals surface area contributed by atoms with Gasteiger partial charge in [0.2, 0.25) is 10.0 Å². The highest BCUT2D eigenvalue weighted by Crippen LogP contribution is 2.18. The van der Waals surface area contributed by atoms with Gasteiger partial charge in [-0.05, 0) is 25.1 Å². The molecule has 0 aliphatic heterocycles. The van der Waals surface area contributed by atoms with Crippen molar-refractivity contribution in [2.24, 2.45) is 5.14 Å². The number of sulfonamides is 1. The molecule has 0 spiro atoms. The van der Waals surface area contributed by atoms with E-state index in [1.54, 1.807) is 0 Å². The molecule has 0 aromatic carbocycles. The highest BCUT2D eigenvalue weighted by molar-refractivity contribution is 7.91. The molecule has 0 radical (unpaired) electrons. The van der Waals surface area contributed by atoms with Crippen molar-refractivity contribution in [1.29, 1.82) is 0 Å². The fourth-order valence-electron chi connectivity index (χ4n) is 2.14. The first kappa shape index (κ1) is 15.7. The van der Waals surface area contributed by atoms with Crippen LogP contribution in [0.15, 0.2) is 40.1 Å². The van der Waals surface area contributed by atoms with Gasteiger partial charge >= 0.3 is 0 Å². The minimum Gasteiger partial charge on any atom is -0.346 e. The van der Waals surface area contributed by atoms with Crippen LogP contribution in [0, 0.1) is 6.92 Å². The molecule has 0 saturated carbocycles. The summed E-state index contributed by atoms with van der Waals surface area (Å²) in [5.41, 5.74) is 2.83. The third-order valence-corrected chi connectivity index (χ3v) is 5.68. The van der Waals surface area contributed by atoms with Gasteiger partial charge in [0.05, 0.1) is 17.8 Å². The molecular formula is C14H14N4O3S2. The van der Waals surface area contributed by atoms with Gasteiger partial charge in [-0.1, -0.05) is 6.07 Å². The van der Waals surface area contributed by atoms with Gasteiger partial charge in [-0.15, -0.1) is 11.3 Å². The van der Waals surface area contributed by atoms with Crippen molar-refractivity contribution in [1.82, 2.24) is 14.7 Å². The lowest BCUT2D eigenvalue weighted by Gasteiger charge is -2.00. The molecule has 3 aromatic heterocycles. The summed E-state index contributed by atoms with van der Waals surface area (Å²) in [6.07, 6.45) is 1.86. The second-order valence-corrected chi connectivity index (χ2v) is 7.71. The quantitative estimate of drug-likeness (QED) is 0.739. The number of nitrogens with two attached hydrogens (primary N) is 1. The number of aromatic nitrogens is 2. The molecule has 0 bridgehead atoms. The van der Waals surface area contributed by atoms with E-state index in [0.717, 1.165) is 28.4 Å². The van der Waals surface area contributed by atoms with E-state index in [4.69, 9.17) is 5.14 Å². The molecule has 120 valence electrons. The Morgan fingerprint density at radius 1 is 1.43 bits per heavy atom. The normalized spacial score (nSPS) is 11.7. The molecule has 7 nitrogen and oxygen atoms in total. The SMILES string of the molecule is Cc1cccc2nc(CNC(=O)c3csc(S(N)(=O)=O)c3)cn12. The van der Waals surface area contributed by atoms with E-state index in [2.05, 4.69) is 10.3 Å². The van der Waals surface area contributed by atoms with E-state index < -0.39 is 10.0 Å². The smallest absolute Gasteiger partial charge is 0.252 e. The molecule has 0 unspecified atom stereocenters. The maximum atomic E-state index is 12.1. The zero-order chi connectivity index (χ0) is 16.6. The molecule has 0 aliphatic rings. The van der Waals surface area contributed by atoms with Gasteiger partial charge in [0.15, 0.2) is 0 Å². The maximum Gasteiger partial charge on any atom is 0.252 e. The Morgan fingerprint density at radius 2 is 2.22 bits per heavy atom. The third-order valence-electron chi connectivity index (χ3n) is 3.29. The largest absolute Gasteiger partial charge is 0.346 e. The Morgan fingerprint density at radius 3 is 2.87 bits per heavy atom. The standard InChI is InChI=1S/C14H14N4O3S2/c1-9-3-2-4-12-17-11(7-18(9)12)6-16-14(19)10-5-13(22-8-10)23(15,20)21/h2-5,7-8H,6H2,1H3,(H,16,19)(H2,15,20,21). The number of hydrogen-bond donors (Lipinski definition) is 2. The molecule has 0 fully saturated rings. The maximum absolute atomic E-state index is 12.1. The monoisotopic (exact) mass is 350 g/mol. The van der Waals surface area contributed by atoms with Crippen LogP contribution >= 0.6 is 11.3 Å². The first-order valence-corrected chi connectivity index (χ1v) is 9.10. The second-order valence-electron chi connectivity index (χ2n) is 5.01. The van der Waals surface area contributed by atoms with E-state index in [-0.39, 0.29) is 22.2 Å². The van der Waals surface area contributed by atoms with E-state index >= 15 is 0 Å². The molecule has 0 saturated heterocycles. The van der Waals surface area contributed by atoms with Crippen molar-refractivity contribution in [3.05, 3.63) is 52.8 Å². The Labute approximate surface area is 136 Å². The predicted octanol–water partition coefficient (Wildman–Crippen LogP) is 1.28. The van der Waals surface area contributed by atoms with Crippen LogP contribution in [0.25, 0.3) is 5.65 Å². The van der Waals surface area contributed by atoms with Gasteiger partial charge in [0, 0.05) is 17.3 Å². The van der Waals surface area contributed by atoms with Crippen molar-refractivity contribution in [3.63, 3.8) is 0 Å². The Bertz CT molecular complexity index is 989. The van der Waals surface area contributed by atoms with Gasteiger partial charge in [0.1, 0.15) is 9.86 Å². The van der Waals surface area contributed by atoms with Crippen molar-refractivity contribution >= 4 is 32.9 Å². The molecule has 0 aliphatic carbocycles. The Hall–Kier alpha value is -2.23. The van der Waals surface area contributed by atoms with Gasteiger partial charge in [-0.3, -0.25) is 4.79 Å². The number of carbonyl (C=O) groups excluding carboxylic acids is 1. The zero-order valence-electron chi connectivity index (χ0n) is 12.2. The van der Waals surface area contributed by atoms with Crippen LogP contribution in [0.3, 0.4) is 0 Å². The first-order valence-electron chi connectivity index (χ1n) is 6.68. The van der Waals surface area contributed by atoms with Crippen molar-refractivity contribution in [3.8, 4) is 0 Å². The number of amides is 1. The zero-order valence-corrected chi connectivity index (χ0v) is 13.8. The minimum atomic E-state index is -3.78. The third kappa shape index (κ3) is 3.26. The summed E-state index contributed by atoms with van der Waals surface area (Å²) in [7, 11) is -3.78. The first-order chi connectivity index (χ1) is 10.8. The lowest BCUT2D eigenvalue weighted by molar-refractivity contribution is 0.0951. The minimum absolute atomic E-state index is 0.0361. The number of imidazole rings is 1. The summed E-state index contributed by atoms with van der Waals surface area (Å²) in [5, 5.41) is 9.21. The summed E-state index contributed by atoms with van der Waals surface area (Å²) in [6.45, 7) is 2.22. The van der Waals surface area contributed by atoms with Crippen molar-refractivity contribution in [2.75, 3.05) is 0 Å². The highest BCUT2D eigenvalue weighted by Gasteiger charge is 2.15. The Kier molecular flexibility index (Phi) is 3.92. The number of nitrogens with one attached hydrogen (secondary N) is 1. The molecular weight excluding hydrogens is 336 g/mol. The number of hydrogen-bond acceptors (Lipinski definition) is 5. The van der Waals surface area contributed by atoms with E-state index in [1.165, 1.54) is 11.4 Å². The van der Waals surface area contributed by atoms with Crippen LogP contribution in [-0.4, -0.2) is 23.7 Å². The van der Waals surface area contributed by atoms with Gasteiger partial charge in [-0.25, -0.2) is 18.5 Å². The van der Waals surface area contributed by atoms with E-state index in [0.29, 0.717) is 0 Å². The summed E-state index contributed by atoms with van der Waals surface area (Å²) in [5.74, 6) is -0.370. The van der Waals surface area contributed by atoms with E-state index in [1.807, 2.05) is 35.7 Å². The van der Waals surface area contributed by atoms with Crippen LogP contribution in [0.5, 0.6) is 0 Å². The second kappa shape index (κ2) is 5.76. The molecule has 3 N–H and O–H groups in total. The molecule has 9 heteroatoms. The topological polar surface area (TPSA) is 107 Å². The lowest BCUT2D eigenvalue weighted by atomic mass is 10.3. The van der Waals surface area contributed by atoms with Crippen LogP contribution in [-0.2, 0) is 16.6 Å². The number of thiophene rings is 1. The summed E-state index contributed by atoms with van der Waals surface area (Å²) >= 11 is 0.919. The van der Waals surface area contributed by atoms with Gasteiger partial charge in [-0.2, -0.15) is 0 Å². The number of rotatable bonds is 4. The van der Waals surface area contributed by atoms with Crippen LogP contribution in [0.1, 0.15) is 21.7 Å². The lowest BCUT2D eigenvalue weighted by Crippen LogP contribution is -2.22. The fraction of sp³-hybridized carbons (Fsp3) is 0.143. The molecule has 3 aromatic rings. The van der Waals surface area contributed by atoms with Crippen molar-refractivity contribution in [2.45, 2.75) is 17.7 Å². The molecule has 0 atom stereocenters. The van der Waals surface area contributed by atoms with Gasteiger partial charge in [0.25, 0.3) is 5.91 Å². The molecule has 1 amide bonds. The van der Waals surface area contributed by atoms with Crippen LogP contribution in [0.2, 0.25) is 0 Å². The predicted molar refractivity (Wildman–Crippen MR) is 86.8 cm³/mol. The molecule has 3 heterocycles. The average molecular weight is 350 g/mol. The number of pyridine rings is 1. The van der Waals surface area contributed by atoms with Crippen LogP contribution in [0.4, 0.5) is 0 Å². The van der Waals surface area contributed by atoms with Gasteiger partial charge < -0.3 is 9.72 Å². The fourth-order valence-corrected chi connectivity index (χ4v) is 3.73. The summed E-state index contributed by atoms with van der Waals surface area (Å²) < 4.78 is 24.3. The number of nitrogens with zero attached hydrogens (tertiary/aromatic N) is 2. The van der Waals surface area contributed by atoms with Crippen molar-refractivity contribution < 1.29 is 13.2 Å². The number of fused-ring (bicyclic) bond motifs is 1. The molecule has 23 heavy (non-hydrogen) atoms. The summed E-state index contributed by atoms with van der Waals surface area (Å²) in [4.78, 5) is 16.5. The summed E-state index contributed by atoms with van der Waals surface area (Å²) in [6, 6.07) is 7.04. The number of primary sulfonamides is 1. The Balaban J connectivity index is 1.73. The molecule has 3 rings (SSSR count). The average Bonchev–Trinajstić information content (AvgIpc) is 3.11. The number of carbonyl (C=O) groups is 1. The number of aryl methyl sites for hydroxylation is 1. The van der Waals surface area contributed by atoms with Crippen LogP contribution < -0.4 is 10.5 Å². The van der Waals surface area contributed by atoms with E-state index in [9.17, 15) is 13.2 Å².